The summed E-state index contributed by atoms with van der Waals surface area (Å²) in [4.78, 5) is 11.9. The van der Waals surface area contributed by atoms with Gasteiger partial charge in [-0.05, 0) is 30.3 Å². The van der Waals surface area contributed by atoms with Crippen molar-refractivity contribution in [3.05, 3.63) is 52.4 Å². The summed E-state index contributed by atoms with van der Waals surface area (Å²) in [6.45, 7) is 0. The first-order chi connectivity index (χ1) is 9.90. The van der Waals surface area contributed by atoms with Gasteiger partial charge in [-0.15, -0.1) is 0 Å². The van der Waals surface area contributed by atoms with E-state index in [1.807, 2.05) is 0 Å². The second-order valence-corrected chi connectivity index (χ2v) is 4.51. The summed E-state index contributed by atoms with van der Waals surface area (Å²) in [5.41, 5.74) is -1.38. The van der Waals surface area contributed by atoms with Crippen molar-refractivity contribution < 1.29 is 22.3 Å². The first kappa shape index (κ1) is 13.5. The molecule has 0 saturated heterocycles. The zero-order chi connectivity index (χ0) is 15.2. The fraction of sp³-hybridized carbons (Fsp3) is 0.133. The molecule has 0 unspecified atom stereocenters. The van der Waals surface area contributed by atoms with Crippen LogP contribution in [0.25, 0.3) is 21.7 Å². The van der Waals surface area contributed by atoms with Gasteiger partial charge in [0.15, 0.2) is 0 Å². The zero-order valence-corrected chi connectivity index (χ0v) is 10.8. The van der Waals surface area contributed by atoms with Gasteiger partial charge < -0.3 is 9.15 Å². The Balaban J connectivity index is 2.41. The van der Waals surface area contributed by atoms with Crippen LogP contribution in [0.3, 0.4) is 0 Å². The number of alkyl halides is 3. The molecule has 0 aliphatic heterocycles. The Morgan fingerprint density at radius 3 is 2.43 bits per heavy atom. The molecule has 1 heterocycles. The van der Waals surface area contributed by atoms with E-state index in [1.165, 1.54) is 13.2 Å². The Kier molecular flexibility index (Phi) is 2.90. The molecule has 0 bridgehead atoms. The Bertz CT molecular complexity index is 894. The van der Waals surface area contributed by atoms with E-state index in [4.69, 9.17) is 9.15 Å². The topological polar surface area (TPSA) is 39.4 Å². The molecule has 0 aliphatic rings. The van der Waals surface area contributed by atoms with Gasteiger partial charge in [0.2, 0.25) is 0 Å². The van der Waals surface area contributed by atoms with Crippen LogP contribution in [-0.4, -0.2) is 7.11 Å². The summed E-state index contributed by atoms with van der Waals surface area (Å²) in [7, 11) is 1.48. The van der Waals surface area contributed by atoms with E-state index in [2.05, 4.69) is 0 Å². The van der Waals surface area contributed by atoms with Crippen LogP contribution in [-0.2, 0) is 6.18 Å². The highest BCUT2D eigenvalue weighted by molar-refractivity contribution is 6.04. The summed E-state index contributed by atoms with van der Waals surface area (Å²) in [5.74, 6) is 0.526. The van der Waals surface area contributed by atoms with Gasteiger partial charge in [0, 0.05) is 10.8 Å². The van der Waals surface area contributed by atoms with Crippen molar-refractivity contribution in [2.45, 2.75) is 6.18 Å². The van der Waals surface area contributed by atoms with Crippen LogP contribution >= 0.6 is 0 Å². The van der Waals surface area contributed by atoms with Gasteiger partial charge in [0.1, 0.15) is 11.3 Å². The molecule has 0 atom stereocenters. The third-order valence-electron chi connectivity index (χ3n) is 3.25. The monoisotopic (exact) mass is 294 g/mol. The van der Waals surface area contributed by atoms with Gasteiger partial charge in [-0.25, -0.2) is 4.79 Å². The predicted octanol–water partition coefficient (Wildman–Crippen LogP) is 3.97. The van der Waals surface area contributed by atoms with Crippen molar-refractivity contribution in [3.63, 3.8) is 0 Å². The largest absolute Gasteiger partial charge is 0.497 e. The smallest absolute Gasteiger partial charge is 0.416 e. The zero-order valence-electron chi connectivity index (χ0n) is 10.8. The quantitative estimate of drug-likeness (QED) is 0.503. The molecule has 6 heteroatoms. The normalized spacial score (nSPS) is 12.0. The molecular formula is C15H9F3O3. The summed E-state index contributed by atoms with van der Waals surface area (Å²) in [6, 6.07) is 7.80. The SMILES string of the molecule is COc1ccc2oc(=O)c3cc(C(F)(F)F)ccc3c2c1. The fourth-order valence-electron chi connectivity index (χ4n) is 2.21. The minimum absolute atomic E-state index is 0.106. The number of ether oxygens (including phenoxy) is 1. The van der Waals surface area contributed by atoms with Gasteiger partial charge >= 0.3 is 11.8 Å². The highest BCUT2D eigenvalue weighted by atomic mass is 19.4. The number of methoxy groups -OCH3 is 1. The number of hydrogen-bond donors (Lipinski definition) is 0. The maximum Gasteiger partial charge on any atom is 0.416 e. The second-order valence-electron chi connectivity index (χ2n) is 4.51. The van der Waals surface area contributed by atoms with Gasteiger partial charge in [-0.1, -0.05) is 6.07 Å². The fourth-order valence-corrected chi connectivity index (χ4v) is 2.21. The van der Waals surface area contributed by atoms with Crippen LogP contribution in [0.15, 0.2) is 45.6 Å². The maximum atomic E-state index is 12.7. The summed E-state index contributed by atoms with van der Waals surface area (Å²) < 4.78 is 48.3. The highest BCUT2D eigenvalue weighted by Crippen LogP contribution is 2.33. The van der Waals surface area contributed by atoms with E-state index in [0.717, 1.165) is 12.1 Å². The van der Waals surface area contributed by atoms with Crippen molar-refractivity contribution >= 4 is 21.7 Å². The molecule has 3 rings (SSSR count). The van der Waals surface area contributed by atoms with Crippen molar-refractivity contribution in [2.24, 2.45) is 0 Å². The van der Waals surface area contributed by atoms with Crippen molar-refractivity contribution in [2.75, 3.05) is 7.11 Å². The molecule has 0 saturated carbocycles. The van der Waals surface area contributed by atoms with Gasteiger partial charge in [-0.3, -0.25) is 0 Å². The highest BCUT2D eigenvalue weighted by Gasteiger charge is 2.31. The lowest BCUT2D eigenvalue weighted by molar-refractivity contribution is -0.137. The van der Waals surface area contributed by atoms with Crippen LogP contribution in [0.1, 0.15) is 5.56 Å². The number of hydrogen-bond acceptors (Lipinski definition) is 3. The van der Waals surface area contributed by atoms with E-state index in [1.54, 1.807) is 18.2 Å². The lowest BCUT2D eigenvalue weighted by Crippen LogP contribution is -2.07. The van der Waals surface area contributed by atoms with Crippen molar-refractivity contribution in [1.29, 1.82) is 0 Å². The third kappa shape index (κ3) is 2.22. The second kappa shape index (κ2) is 4.51. The minimum Gasteiger partial charge on any atom is -0.497 e. The average Bonchev–Trinajstić information content (AvgIpc) is 2.46. The lowest BCUT2D eigenvalue weighted by atomic mass is 10.0. The number of halogens is 3. The molecule has 3 nitrogen and oxygen atoms in total. The predicted molar refractivity (Wildman–Crippen MR) is 71.5 cm³/mol. The Morgan fingerprint density at radius 1 is 1.00 bits per heavy atom. The van der Waals surface area contributed by atoms with Gasteiger partial charge in [0.05, 0.1) is 18.1 Å². The molecular weight excluding hydrogens is 285 g/mol. The average molecular weight is 294 g/mol. The van der Waals surface area contributed by atoms with E-state index >= 15 is 0 Å². The van der Waals surface area contributed by atoms with E-state index in [0.29, 0.717) is 22.1 Å². The first-order valence-electron chi connectivity index (χ1n) is 6.02. The standard InChI is InChI=1S/C15H9F3O3/c1-20-9-3-5-13-11(7-9)10-4-2-8(15(16,17)18)6-12(10)14(19)21-13/h2-7H,1H3. The molecule has 21 heavy (non-hydrogen) atoms. The third-order valence-corrected chi connectivity index (χ3v) is 3.25. The van der Waals surface area contributed by atoms with Gasteiger partial charge in [-0.2, -0.15) is 13.2 Å². The Labute approximate surface area is 116 Å². The Hall–Kier alpha value is -2.50. The lowest BCUT2D eigenvalue weighted by Gasteiger charge is -2.09. The van der Waals surface area contributed by atoms with Crippen LogP contribution < -0.4 is 10.4 Å². The molecule has 0 spiro atoms. The molecule has 2 aromatic carbocycles. The van der Waals surface area contributed by atoms with Crippen molar-refractivity contribution in [1.82, 2.24) is 0 Å². The summed E-state index contributed by atoms with van der Waals surface area (Å²) >= 11 is 0. The molecule has 1 aromatic heterocycles. The van der Waals surface area contributed by atoms with Crippen molar-refractivity contribution in [3.8, 4) is 5.75 Å². The van der Waals surface area contributed by atoms with Crippen LogP contribution in [0.4, 0.5) is 13.2 Å². The van der Waals surface area contributed by atoms with Gasteiger partial charge in [0.25, 0.3) is 0 Å². The maximum absolute atomic E-state index is 12.7. The van der Waals surface area contributed by atoms with Crippen LogP contribution in [0, 0.1) is 0 Å². The molecule has 0 N–H and O–H groups in total. The van der Waals surface area contributed by atoms with E-state index in [-0.39, 0.29) is 5.39 Å². The van der Waals surface area contributed by atoms with E-state index in [9.17, 15) is 18.0 Å². The summed E-state index contributed by atoms with van der Waals surface area (Å²) in [6.07, 6.45) is -4.51. The number of benzene rings is 2. The van der Waals surface area contributed by atoms with Crippen LogP contribution in [0.2, 0.25) is 0 Å². The molecule has 3 aromatic rings. The first-order valence-corrected chi connectivity index (χ1v) is 6.02. The molecule has 0 aliphatic carbocycles. The van der Waals surface area contributed by atoms with E-state index < -0.39 is 17.4 Å². The Morgan fingerprint density at radius 2 is 1.76 bits per heavy atom. The number of rotatable bonds is 1. The number of fused-ring (bicyclic) bond motifs is 3. The minimum atomic E-state index is -4.51. The molecule has 0 fully saturated rings. The molecule has 108 valence electrons. The molecule has 0 radical (unpaired) electrons. The summed E-state index contributed by atoms with van der Waals surface area (Å²) in [5, 5.41) is 0.816. The van der Waals surface area contributed by atoms with Crippen LogP contribution in [0.5, 0.6) is 5.75 Å². The molecule has 0 amide bonds.